The molecule has 144 valence electrons. The van der Waals surface area contributed by atoms with Gasteiger partial charge in [0.05, 0.1) is 12.0 Å². The Bertz CT molecular complexity index is 905. The zero-order chi connectivity index (χ0) is 19.4. The number of likely N-dealkylation sites (N-methyl/N-ethyl adjacent to an activating group) is 1. The first-order valence-corrected chi connectivity index (χ1v) is 10.1. The summed E-state index contributed by atoms with van der Waals surface area (Å²) in [6, 6.07) is 13.0. The number of hydrogen-bond acceptors (Lipinski definition) is 5. The Labute approximate surface area is 159 Å². The fourth-order valence-corrected chi connectivity index (χ4v) is 4.28. The number of benzene rings is 2. The van der Waals surface area contributed by atoms with Crippen molar-refractivity contribution in [1.29, 1.82) is 0 Å². The molecular weight excluding hydrogens is 366 g/mol. The van der Waals surface area contributed by atoms with Crippen LogP contribution in [0.15, 0.2) is 53.4 Å². The smallest absolute Gasteiger partial charge is 0.255 e. The minimum Gasteiger partial charge on any atom is -0.497 e. The number of nitrogens with zero attached hydrogens (tertiary/aromatic N) is 2. The zero-order valence-corrected chi connectivity index (χ0v) is 16.2. The van der Waals surface area contributed by atoms with Crippen LogP contribution in [0.4, 0.5) is 5.69 Å². The van der Waals surface area contributed by atoms with E-state index in [4.69, 9.17) is 4.74 Å². The summed E-state index contributed by atoms with van der Waals surface area (Å²) in [5.74, 6) is 0.327. The van der Waals surface area contributed by atoms with Crippen molar-refractivity contribution in [3.63, 3.8) is 0 Å². The van der Waals surface area contributed by atoms with Gasteiger partial charge in [0.25, 0.3) is 5.91 Å². The van der Waals surface area contributed by atoms with Crippen molar-refractivity contribution in [2.24, 2.45) is 0 Å². The molecule has 0 radical (unpaired) electrons. The Balaban J connectivity index is 1.71. The van der Waals surface area contributed by atoms with E-state index in [1.165, 1.54) is 28.6 Å². The molecule has 1 fully saturated rings. The molecule has 0 aliphatic carbocycles. The van der Waals surface area contributed by atoms with E-state index < -0.39 is 10.0 Å². The highest BCUT2D eigenvalue weighted by Crippen LogP contribution is 2.20. The number of piperazine rings is 1. The van der Waals surface area contributed by atoms with Crippen molar-refractivity contribution in [1.82, 2.24) is 9.21 Å². The molecule has 3 rings (SSSR count). The van der Waals surface area contributed by atoms with Crippen molar-refractivity contribution >= 4 is 21.6 Å². The Kier molecular flexibility index (Phi) is 5.79. The van der Waals surface area contributed by atoms with Crippen LogP contribution >= 0.6 is 0 Å². The van der Waals surface area contributed by atoms with Crippen molar-refractivity contribution in [3.05, 3.63) is 54.1 Å². The SMILES string of the molecule is COc1cccc(NC(=O)c2ccc(S(=O)(=O)N3CCN(C)CC3)cc2)c1. The second-order valence-corrected chi connectivity index (χ2v) is 8.36. The van der Waals surface area contributed by atoms with Crippen LogP contribution in [-0.2, 0) is 10.0 Å². The molecule has 0 aromatic heterocycles. The monoisotopic (exact) mass is 389 g/mol. The summed E-state index contributed by atoms with van der Waals surface area (Å²) in [4.78, 5) is 14.7. The first-order valence-electron chi connectivity index (χ1n) is 8.64. The van der Waals surface area contributed by atoms with Crippen molar-refractivity contribution in [2.75, 3.05) is 45.7 Å². The largest absolute Gasteiger partial charge is 0.497 e. The zero-order valence-electron chi connectivity index (χ0n) is 15.4. The third-order valence-electron chi connectivity index (χ3n) is 4.54. The average Bonchev–Trinajstić information content (AvgIpc) is 2.68. The van der Waals surface area contributed by atoms with Crippen LogP contribution in [0.2, 0.25) is 0 Å². The second-order valence-electron chi connectivity index (χ2n) is 6.42. The standard InChI is InChI=1S/C19H23N3O4S/c1-21-10-12-22(13-11-21)27(24,25)18-8-6-15(7-9-18)19(23)20-16-4-3-5-17(14-16)26-2/h3-9,14H,10-13H2,1-2H3,(H,20,23). The maximum Gasteiger partial charge on any atom is 0.255 e. The number of hydrogen-bond donors (Lipinski definition) is 1. The maximum atomic E-state index is 12.7. The van der Waals surface area contributed by atoms with Crippen LogP contribution in [0.3, 0.4) is 0 Å². The van der Waals surface area contributed by atoms with Gasteiger partial charge in [-0.15, -0.1) is 0 Å². The lowest BCUT2D eigenvalue weighted by Gasteiger charge is -2.31. The molecule has 1 heterocycles. The van der Waals surface area contributed by atoms with Gasteiger partial charge in [-0.1, -0.05) is 6.07 Å². The normalized spacial score (nSPS) is 16.1. The van der Waals surface area contributed by atoms with E-state index in [1.807, 2.05) is 7.05 Å². The number of carbonyl (C=O) groups is 1. The molecule has 0 atom stereocenters. The maximum absolute atomic E-state index is 12.7. The summed E-state index contributed by atoms with van der Waals surface area (Å²) >= 11 is 0. The summed E-state index contributed by atoms with van der Waals surface area (Å²) in [6.07, 6.45) is 0. The summed E-state index contributed by atoms with van der Waals surface area (Å²) in [7, 11) is -0.00945. The molecule has 27 heavy (non-hydrogen) atoms. The molecule has 0 unspecified atom stereocenters. The highest BCUT2D eigenvalue weighted by molar-refractivity contribution is 7.89. The van der Waals surface area contributed by atoms with Gasteiger partial charge in [0.1, 0.15) is 5.75 Å². The highest BCUT2D eigenvalue weighted by atomic mass is 32.2. The number of nitrogens with one attached hydrogen (secondary N) is 1. The number of methoxy groups -OCH3 is 1. The summed E-state index contributed by atoms with van der Waals surface area (Å²) in [5, 5.41) is 2.78. The number of carbonyl (C=O) groups excluding carboxylic acids is 1. The minimum absolute atomic E-state index is 0.199. The van der Waals surface area contributed by atoms with Gasteiger partial charge in [-0.05, 0) is 43.4 Å². The van der Waals surface area contributed by atoms with Crippen molar-refractivity contribution < 1.29 is 17.9 Å². The van der Waals surface area contributed by atoms with Gasteiger partial charge in [0.15, 0.2) is 0 Å². The van der Waals surface area contributed by atoms with E-state index in [0.29, 0.717) is 43.2 Å². The minimum atomic E-state index is -3.54. The molecule has 1 aliphatic rings. The quantitative estimate of drug-likeness (QED) is 0.845. The summed E-state index contributed by atoms with van der Waals surface area (Å²) < 4.78 is 32.1. The topological polar surface area (TPSA) is 78.9 Å². The van der Waals surface area contributed by atoms with Gasteiger partial charge in [0.2, 0.25) is 10.0 Å². The Hall–Kier alpha value is -2.42. The predicted molar refractivity (Wildman–Crippen MR) is 104 cm³/mol. The second kappa shape index (κ2) is 8.08. The van der Waals surface area contributed by atoms with Crippen LogP contribution in [0.5, 0.6) is 5.75 Å². The number of anilines is 1. The van der Waals surface area contributed by atoms with Crippen LogP contribution in [0, 0.1) is 0 Å². The van der Waals surface area contributed by atoms with Gasteiger partial charge in [0, 0.05) is 43.5 Å². The lowest BCUT2D eigenvalue weighted by Crippen LogP contribution is -2.47. The van der Waals surface area contributed by atoms with E-state index >= 15 is 0 Å². The first-order chi connectivity index (χ1) is 12.9. The van der Waals surface area contributed by atoms with Crippen LogP contribution < -0.4 is 10.1 Å². The van der Waals surface area contributed by atoms with Gasteiger partial charge < -0.3 is 15.0 Å². The van der Waals surface area contributed by atoms with Gasteiger partial charge in [-0.2, -0.15) is 4.31 Å². The molecule has 2 aromatic carbocycles. The van der Waals surface area contributed by atoms with E-state index in [9.17, 15) is 13.2 Å². The predicted octanol–water partition coefficient (Wildman–Crippen LogP) is 1.88. The van der Waals surface area contributed by atoms with Gasteiger partial charge in [-0.3, -0.25) is 4.79 Å². The number of amides is 1. The van der Waals surface area contributed by atoms with Gasteiger partial charge in [-0.25, -0.2) is 8.42 Å². The molecule has 0 saturated carbocycles. The highest BCUT2D eigenvalue weighted by Gasteiger charge is 2.27. The molecule has 1 amide bonds. The number of rotatable bonds is 5. The molecule has 2 aromatic rings. The Morgan fingerprint density at radius 3 is 2.33 bits per heavy atom. The Morgan fingerprint density at radius 1 is 1.04 bits per heavy atom. The first kappa shape index (κ1) is 19.3. The molecule has 1 N–H and O–H groups in total. The molecule has 7 nitrogen and oxygen atoms in total. The van der Waals surface area contributed by atoms with E-state index in [0.717, 1.165) is 0 Å². The van der Waals surface area contributed by atoms with Crippen LogP contribution in [0.1, 0.15) is 10.4 Å². The molecular formula is C19H23N3O4S. The van der Waals surface area contributed by atoms with E-state index in [1.54, 1.807) is 31.4 Å². The van der Waals surface area contributed by atoms with Crippen LogP contribution in [-0.4, -0.2) is 63.9 Å². The lowest BCUT2D eigenvalue weighted by molar-refractivity contribution is 0.102. The van der Waals surface area contributed by atoms with Crippen molar-refractivity contribution in [3.8, 4) is 5.75 Å². The van der Waals surface area contributed by atoms with Crippen molar-refractivity contribution in [2.45, 2.75) is 4.90 Å². The molecule has 1 saturated heterocycles. The average molecular weight is 389 g/mol. The fourth-order valence-electron chi connectivity index (χ4n) is 2.86. The van der Waals surface area contributed by atoms with E-state index in [-0.39, 0.29) is 10.8 Å². The molecule has 0 bridgehead atoms. The lowest BCUT2D eigenvalue weighted by atomic mass is 10.2. The Morgan fingerprint density at radius 2 is 1.70 bits per heavy atom. The van der Waals surface area contributed by atoms with E-state index in [2.05, 4.69) is 10.2 Å². The molecule has 1 aliphatic heterocycles. The summed E-state index contributed by atoms with van der Waals surface area (Å²) in [5.41, 5.74) is 0.989. The van der Waals surface area contributed by atoms with Gasteiger partial charge >= 0.3 is 0 Å². The number of sulfonamides is 1. The third-order valence-corrected chi connectivity index (χ3v) is 6.46. The summed E-state index contributed by atoms with van der Waals surface area (Å²) in [6.45, 7) is 2.36. The number of ether oxygens (including phenoxy) is 1. The third kappa shape index (κ3) is 4.47. The molecule has 0 spiro atoms. The molecule has 8 heteroatoms. The fraction of sp³-hybridized carbons (Fsp3) is 0.316. The van der Waals surface area contributed by atoms with Crippen LogP contribution in [0.25, 0.3) is 0 Å².